The molecule has 0 saturated carbocycles. The van der Waals surface area contributed by atoms with E-state index in [2.05, 4.69) is 41.2 Å². The monoisotopic (exact) mass is 267 g/mol. The van der Waals surface area contributed by atoms with Crippen molar-refractivity contribution in [3.63, 3.8) is 0 Å². The van der Waals surface area contributed by atoms with E-state index < -0.39 is 0 Å². The fraction of sp³-hybridized carbons (Fsp3) is 0.417. The van der Waals surface area contributed by atoms with E-state index in [9.17, 15) is 4.79 Å². The maximum Gasteiger partial charge on any atom is 0.225 e. The van der Waals surface area contributed by atoms with E-state index in [1.54, 1.807) is 0 Å². The van der Waals surface area contributed by atoms with Crippen LogP contribution in [0.1, 0.15) is 31.7 Å². The maximum atomic E-state index is 11.5. The van der Waals surface area contributed by atoms with Crippen LogP contribution in [0.3, 0.4) is 0 Å². The summed E-state index contributed by atoms with van der Waals surface area (Å²) >= 11 is 3.42. The Labute approximate surface area is 98.2 Å². The number of anilines is 1. The normalized spacial score (nSPS) is 20.0. The van der Waals surface area contributed by atoms with E-state index >= 15 is 0 Å². The number of hydrogen-bond acceptors (Lipinski definition) is 1. The van der Waals surface area contributed by atoms with Crippen LogP contribution in [-0.2, 0) is 4.79 Å². The van der Waals surface area contributed by atoms with E-state index in [0.29, 0.717) is 18.3 Å². The largest absolute Gasteiger partial charge is 0.326 e. The van der Waals surface area contributed by atoms with Gasteiger partial charge in [-0.1, -0.05) is 35.8 Å². The molecular formula is C12H14BrNO. The highest BCUT2D eigenvalue weighted by Gasteiger charge is 2.27. The van der Waals surface area contributed by atoms with E-state index in [1.807, 2.05) is 12.1 Å². The van der Waals surface area contributed by atoms with Crippen LogP contribution in [0.4, 0.5) is 5.69 Å². The molecule has 0 bridgehead atoms. The van der Waals surface area contributed by atoms with Gasteiger partial charge in [0.15, 0.2) is 0 Å². The minimum Gasteiger partial charge on any atom is -0.326 e. The number of amides is 1. The Balaban J connectivity index is 2.46. The van der Waals surface area contributed by atoms with Gasteiger partial charge in [0.25, 0.3) is 0 Å². The summed E-state index contributed by atoms with van der Waals surface area (Å²) in [5.41, 5.74) is 2.21. The molecule has 1 aliphatic rings. The number of carbonyl (C=O) groups is 1. The molecule has 1 amide bonds. The molecule has 2 nitrogen and oxygen atoms in total. The predicted octanol–water partition coefficient (Wildman–Crippen LogP) is 3.53. The molecule has 1 N–H and O–H groups in total. The number of carbonyl (C=O) groups excluding carboxylic acids is 1. The molecule has 2 rings (SSSR count). The second-order valence-corrected chi connectivity index (χ2v) is 5.25. The van der Waals surface area contributed by atoms with Crippen molar-refractivity contribution >= 4 is 27.5 Å². The van der Waals surface area contributed by atoms with Crippen molar-refractivity contribution in [3.8, 4) is 0 Å². The van der Waals surface area contributed by atoms with Crippen LogP contribution in [0, 0.1) is 5.92 Å². The third kappa shape index (κ3) is 2.07. The average molecular weight is 268 g/mol. The molecule has 0 fully saturated rings. The fourth-order valence-corrected chi connectivity index (χ4v) is 2.43. The molecule has 0 aliphatic carbocycles. The van der Waals surface area contributed by atoms with Crippen LogP contribution >= 0.6 is 15.9 Å². The number of benzene rings is 1. The summed E-state index contributed by atoms with van der Waals surface area (Å²) in [6.45, 7) is 4.32. The molecular weight excluding hydrogens is 254 g/mol. The van der Waals surface area contributed by atoms with Crippen molar-refractivity contribution < 1.29 is 4.79 Å². The van der Waals surface area contributed by atoms with Crippen LogP contribution in [0.2, 0.25) is 0 Å². The Morgan fingerprint density at radius 3 is 2.87 bits per heavy atom. The Bertz CT molecular complexity index is 401. The highest BCUT2D eigenvalue weighted by atomic mass is 79.9. The molecule has 1 unspecified atom stereocenters. The van der Waals surface area contributed by atoms with Gasteiger partial charge in [-0.3, -0.25) is 4.79 Å². The molecule has 80 valence electrons. The first-order chi connectivity index (χ1) is 7.08. The number of rotatable bonds is 1. The zero-order valence-corrected chi connectivity index (χ0v) is 10.5. The summed E-state index contributed by atoms with van der Waals surface area (Å²) in [5, 5.41) is 2.92. The lowest BCUT2D eigenvalue weighted by molar-refractivity contribution is -0.117. The van der Waals surface area contributed by atoms with Crippen LogP contribution in [0.25, 0.3) is 0 Å². The van der Waals surface area contributed by atoms with Gasteiger partial charge in [0, 0.05) is 16.6 Å². The minimum atomic E-state index is 0.124. The van der Waals surface area contributed by atoms with Gasteiger partial charge in [-0.2, -0.15) is 0 Å². The van der Waals surface area contributed by atoms with Gasteiger partial charge in [-0.25, -0.2) is 0 Å². The first-order valence-electron chi connectivity index (χ1n) is 5.17. The van der Waals surface area contributed by atoms with E-state index in [0.717, 1.165) is 10.2 Å². The van der Waals surface area contributed by atoms with E-state index in [-0.39, 0.29) is 5.91 Å². The SMILES string of the molecule is CC(C)C1CC(=O)Nc2cc(Br)ccc21. The maximum absolute atomic E-state index is 11.5. The first-order valence-corrected chi connectivity index (χ1v) is 5.96. The second kappa shape index (κ2) is 3.97. The third-order valence-electron chi connectivity index (χ3n) is 2.90. The Morgan fingerprint density at radius 2 is 2.20 bits per heavy atom. The first kappa shape index (κ1) is 10.7. The summed E-state index contributed by atoms with van der Waals surface area (Å²) in [7, 11) is 0. The van der Waals surface area contributed by atoms with Crippen molar-refractivity contribution in [3.05, 3.63) is 28.2 Å². The standard InChI is InChI=1S/C12H14BrNO/c1-7(2)10-6-12(15)14-11-5-8(13)3-4-9(10)11/h3-5,7,10H,6H2,1-2H3,(H,14,15). The summed E-state index contributed by atoms with van der Waals surface area (Å²) in [4.78, 5) is 11.5. The molecule has 1 aromatic carbocycles. The number of fused-ring (bicyclic) bond motifs is 1. The van der Waals surface area contributed by atoms with Crippen LogP contribution in [-0.4, -0.2) is 5.91 Å². The Kier molecular flexibility index (Phi) is 2.83. The minimum absolute atomic E-state index is 0.124. The average Bonchev–Trinajstić information content (AvgIpc) is 2.15. The van der Waals surface area contributed by atoms with Crippen molar-refractivity contribution in [2.75, 3.05) is 5.32 Å². The molecule has 1 aliphatic heterocycles. The van der Waals surface area contributed by atoms with Crippen LogP contribution in [0.5, 0.6) is 0 Å². The van der Waals surface area contributed by atoms with Crippen molar-refractivity contribution in [1.29, 1.82) is 0 Å². The Morgan fingerprint density at radius 1 is 1.47 bits per heavy atom. The quantitative estimate of drug-likeness (QED) is 0.829. The Hall–Kier alpha value is -0.830. The van der Waals surface area contributed by atoms with Gasteiger partial charge < -0.3 is 5.32 Å². The lowest BCUT2D eigenvalue weighted by atomic mass is 9.82. The summed E-state index contributed by atoms with van der Waals surface area (Å²) in [6.07, 6.45) is 0.603. The van der Waals surface area contributed by atoms with Gasteiger partial charge in [0.1, 0.15) is 0 Å². The highest BCUT2D eigenvalue weighted by molar-refractivity contribution is 9.10. The van der Waals surface area contributed by atoms with E-state index in [4.69, 9.17) is 0 Å². The topological polar surface area (TPSA) is 29.1 Å². The molecule has 0 spiro atoms. The lowest BCUT2D eigenvalue weighted by Crippen LogP contribution is -2.25. The molecule has 0 radical (unpaired) electrons. The number of nitrogens with one attached hydrogen (secondary N) is 1. The zero-order chi connectivity index (χ0) is 11.0. The zero-order valence-electron chi connectivity index (χ0n) is 8.88. The third-order valence-corrected chi connectivity index (χ3v) is 3.39. The van der Waals surface area contributed by atoms with E-state index in [1.165, 1.54) is 5.56 Å². The molecule has 1 heterocycles. The molecule has 15 heavy (non-hydrogen) atoms. The summed E-state index contributed by atoms with van der Waals surface area (Å²) < 4.78 is 1.01. The van der Waals surface area contributed by atoms with Gasteiger partial charge in [0.05, 0.1) is 0 Å². The van der Waals surface area contributed by atoms with Crippen LogP contribution in [0.15, 0.2) is 22.7 Å². The molecule has 0 aromatic heterocycles. The smallest absolute Gasteiger partial charge is 0.225 e. The molecule has 3 heteroatoms. The van der Waals surface area contributed by atoms with Gasteiger partial charge >= 0.3 is 0 Å². The lowest BCUT2D eigenvalue weighted by Gasteiger charge is -2.28. The van der Waals surface area contributed by atoms with Gasteiger partial charge in [0.2, 0.25) is 5.91 Å². The van der Waals surface area contributed by atoms with Gasteiger partial charge in [-0.15, -0.1) is 0 Å². The molecule has 0 saturated heterocycles. The molecule has 1 aromatic rings. The van der Waals surface area contributed by atoms with Gasteiger partial charge in [-0.05, 0) is 29.5 Å². The second-order valence-electron chi connectivity index (χ2n) is 4.33. The summed E-state index contributed by atoms with van der Waals surface area (Å²) in [6, 6.07) is 6.11. The number of hydrogen-bond donors (Lipinski definition) is 1. The van der Waals surface area contributed by atoms with Crippen molar-refractivity contribution in [2.45, 2.75) is 26.2 Å². The van der Waals surface area contributed by atoms with Crippen molar-refractivity contribution in [2.24, 2.45) is 5.92 Å². The van der Waals surface area contributed by atoms with Crippen molar-refractivity contribution in [1.82, 2.24) is 0 Å². The molecule has 1 atom stereocenters. The summed E-state index contributed by atoms with van der Waals surface area (Å²) in [5.74, 6) is 0.970. The van der Waals surface area contributed by atoms with Crippen LogP contribution < -0.4 is 5.32 Å². The number of halogens is 1. The predicted molar refractivity (Wildman–Crippen MR) is 65.0 cm³/mol. The highest BCUT2D eigenvalue weighted by Crippen LogP contribution is 2.38. The fourth-order valence-electron chi connectivity index (χ4n) is 2.07.